The predicted molar refractivity (Wildman–Crippen MR) is 104 cm³/mol. The van der Waals surface area contributed by atoms with Gasteiger partial charge in [-0.1, -0.05) is 12.1 Å². The van der Waals surface area contributed by atoms with E-state index in [-0.39, 0.29) is 24.2 Å². The van der Waals surface area contributed by atoms with Gasteiger partial charge in [0.05, 0.1) is 6.54 Å². The molecule has 0 spiro atoms. The summed E-state index contributed by atoms with van der Waals surface area (Å²) in [4.78, 5) is 29.9. The molecule has 8 heteroatoms. The lowest BCUT2D eigenvalue weighted by atomic mass is 10.1. The van der Waals surface area contributed by atoms with E-state index in [4.69, 9.17) is 14.2 Å². The highest BCUT2D eigenvalue weighted by molar-refractivity contribution is 5.90. The van der Waals surface area contributed by atoms with Crippen molar-refractivity contribution in [3.63, 3.8) is 0 Å². The number of halogens is 1. The number of pyridine rings is 1. The molecule has 1 aliphatic heterocycles. The smallest absolute Gasteiger partial charge is 0.415 e. The Labute approximate surface area is 168 Å². The number of rotatable bonds is 3. The van der Waals surface area contributed by atoms with Crippen molar-refractivity contribution < 1.29 is 28.2 Å². The van der Waals surface area contributed by atoms with Crippen molar-refractivity contribution in [1.29, 1.82) is 0 Å². The van der Waals surface area contributed by atoms with Crippen LogP contribution in [0.25, 0.3) is 0 Å². The van der Waals surface area contributed by atoms with Crippen LogP contribution >= 0.6 is 0 Å². The molecule has 154 valence electrons. The highest BCUT2D eigenvalue weighted by atomic mass is 19.1. The lowest BCUT2D eigenvalue weighted by Crippen LogP contribution is -2.41. The molecule has 2 aromatic rings. The second-order valence-electron chi connectivity index (χ2n) is 7.65. The van der Waals surface area contributed by atoms with Gasteiger partial charge in [-0.15, -0.1) is 0 Å². The Kier molecular flexibility index (Phi) is 5.72. The summed E-state index contributed by atoms with van der Waals surface area (Å²) in [7, 11) is 0. The maximum absolute atomic E-state index is 13.2. The molecule has 2 heterocycles. The molecule has 0 bridgehead atoms. The fourth-order valence-electron chi connectivity index (χ4n) is 2.84. The molecule has 0 aliphatic carbocycles. The summed E-state index contributed by atoms with van der Waals surface area (Å²) >= 11 is 0. The molecule has 7 nitrogen and oxygen atoms in total. The van der Waals surface area contributed by atoms with Gasteiger partial charge in [-0.3, -0.25) is 9.69 Å². The summed E-state index contributed by atoms with van der Waals surface area (Å²) in [5, 5.41) is 0. The third-order valence-corrected chi connectivity index (χ3v) is 4.01. The molecule has 29 heavy (non-hydrogen) atoms. The van der Waals surface area contributed by atoms with Gasteiger partial charge in [0.25, 0.3) is 0 Å². The van der Waals surface area contributed by atoms with Crippen molar-refractivity contribution in [2.24, 2.45) is 0 Å². The van der Waals surface area contributed by atoms with Gasteiger partial charge in [0, 0.05) is 18.9 Å². The minimum atomic E-state index is -0.655. The van der Waals surface area contributed by atoms with Crippen LogP contribution in [0, 0.1) is 5.82 Å². The minimum Gasteiger partial charge on any atom is -0.474 e. The Morgan fingerprint density at radius 2 is 1.93 bits per heavy atom. The monoisotopic (exact) mass is 402 g/mol. The number of amides is 1. The number of ether oxygens (including phenoxy) is 3. The molecule has 0 fully saturated rings. The lowest BCUT2D eigenvalue weighted by Gasteiger charge is -2.31. The molecule has 1 amide bonds. The van der Waals surface area contributed by atoms with Crippen LogP contribution in [0.2, 0.25) is 0 Å². The zero-order valence-electron chi connectivity index (χ0n) is 16.8. The number of hydrogen-bond donors (Lipinski definition) is 0. The molecule has 0 atom stereocenters. The van der Waals surface area contributed by atoms with E-state index in [9.17, 15) is 14.0 Å². The first-order valence-electron chi connectivity index (χ1n) is 9.22. The van der Waals surface area contributed by atoms with Crippen LogP contribution in [-0.2, 0) is 16.0 Å². The summed E-state index contributed by atoms with van der Waals surface area (Å²) in [6.07, 6.45) is -0.192. The van der Waals surface area contributed by atoms with E-state index in [1.54, 1.807) is 39.0 Å². The number of carbonyl (C=O) groups excluding carboxylic acids is 2. The van der Waals surface area contributed by atoms with Gasteiger partial charge in [-0.2, -0.15) is 4.98 Å². The van der Waals surface area contributed by atoms with E-state index in [1.807, 2.05) is 0 Å². The summed E-state index contributed by atoms with van der Waals surface area (Å²) in [5.74, 6) is -0.604. The van der Waals surface area contributed by atoms with Gasteiger partial charge in [-0.05, 0) is 44.5 Å². The van der Waals surface area contributed by atoms with Crippen molar-refractivity contribution in [2.75, 3.05) is 18.1 Å². The fraction of sp³-hybridized carbons (Fsp3) is 0.381. The number of benzene rings is 1. The van der Waals surface area contributed by atoms with E-state index in [0.29, 0.717) is 24.2 Å². The average Bonchev–Trinajstić information content (AvgIpc) is 2.61. The second-order valence-corrected chi connectivity index (χ2v) is 7.65. The standard InChI is InChI=1S/C21H23FN2O5/c1-13(25)28-18-15(11-14-5-7-16(22)8-6-14)12-17-19(23-18)27-10-9-24(17)20(26)29-21(2,3)4/h5-8,12H,9-11H2,1-4H3. The normalized spacial score (nSPS) is 13.3. The highest BCUT2D eigenvalue weighted by Gasteiger charge is 2.30. The van der Waals surface area contributed by atoms with Gasteiger partial charge < -0.3 is 14.2 Å². The number of nitrogens with zero attached hydrogens (tertiary/aromatic N) is 2. The number of carbonyl (C=O) groups is 2. The summed E-state index contributed by atoms with van der Waals surface area (Å²) in [6.45, 7) is 7.16. The zero-order chi connectivity index (χ0) is 21.2. The SMILES string of the molecule is CC(=O)Oc1nc2c(cc1Cc1ccc(F)cc1)N(C(=O)OC(C)(C)C)CCO2. The molecule has 0 saturated heterocycles. The minimum absolute atomic E-state index is 0.0895. The van der Waals surface area contributed by atoms with Gasteiger partial charge >= 0.3 is 12.1 Å². The molecule has 1 aromatic heterocycles. The lowest BCUT2D eigenvalue weighted by molar-refractivity contribution is -0.132. The number of esters is 1. The third kappa shape index (κ3) is 5.22. The molecular weight excluding hydrogens is 379 g/mol. The maximum atomic E-state index is 13.2. The third-order valence-electron chi connectivity index (χ3n) is 4.01. The first kappa shape index (κ1) is 20.6. The van der Waals surface area contributed by atoms with Crippen LogP contribution in [0.4, 0.5) is 14.9 Å². The molecule has 0 radical (unpaired) electrons. The Hall–Kier alpha value is -3.16. The predicted octanol–water partition coefficient (Wildman–Crippen LogP) is 3.87. The van der Waals surface area contributed by atoms with Crippen molar-refractivity contribution in [2.45, 2.75) is 39.7 Å². The molecule has 0 saturated carbocycles. The van der Waals surface area contributed by atoms with E-state index < -0.39 is 17.7 Å². The van der Waals surface area contributed by atoms with E-state index in [0.717, 1.165) is 5.56 Å². The van der Waals surface area contributed by atoms with Crippen LogP contribution < -0.4 is 14.4 Å². The highest BCUT2D eigenvalue weighted by Crippen LogP contribution is 2.36. The summed E-state index contributed by atoms with van der Waals surface area (Å²) in [6, 6.07) is 7.65. The van der Waals surface area contributed by atoms with E-state index in [1.165, 1.54) is 24.0 Å². The Bertz CT molecular complexity index is 922. The van der Waals surface area contributed by atoms with Crippen molar-refractivity contribution in [3.8, 4) is 11.8 Å². The fourth-order valence-corrected chi connectivity index (χ4v) is 2.84. The summed E-state index contributed by atoms with van der Waals surface area (Å²) in [5.41, 5.74) is 1.13. The molecule has 1 aliphatic rings. The quantitative estimate of drug-likeness (QED) is 0.726. The maximum Gasteiger partial charge on any atom is 0.415 e. The van der Waals surface area contributed by atoms with E-state index >= 15 is 0 Å². The van der Waals surface area contributed by atoms with Gasteiger partial charge in [0.2, 0.25) is 11.8 Å². The second kappa shape index (κ2) is 8.06. The Morgan fingerprint density at radius 1 is 1.24 bits per heavy atom. The van der Waals surface area contributed by atoms with E-state index in [2.05, 4.69) is 4.98 Å². The largest absolute Gasteiger partial charge is 0.474 e. The molecule has 0 unspecified atom stereocenters. The van der Waals surface area contributed by atoms with Crippen LogP contribution in [-0.4, -0.2) is 35.8 Å². The molecule has 1 aromatic carbocycles. The van der Waals surface area contributed by atoms with Gasteiger partial charge in [-0.25, -0.2) is 9.18 Å². The van der Waals surface area contributed by atoms with Crippen molar-refractivity contribution in [3.05, 3.63) is 47.3 Å². The van der Waals surface area contributed by atoms with Crippen LogP contribution in [0.3, 0.4) is 0 Å². The Balaban J connectivity index is 2.00. The van der Waals surface area contributed by atoms with Crippen LogP contribution in [0.15, 0.2) is 30.3 Å². The number of hydrogen-bond acceptors (Lipinski definition) is 6. The van der Waals surface area contributed by atoms with Crippen LogP contribution in [0.5, 0.6) is 11.8 Å². The number of anilines is 1. The molecular formula is C21H23FN2O5. The first-order chi connectivity index (χ1) is 13.6. The van der Waals surface area contributed by atoms with Gasteiger partial charge in [0.1, 0.15) is 23.7 Å². The summed E-state index contributed by atoms with van der Waals surface area (Å²) < 4.78 is 29.5. The molecule has 3 rings (SSSR count). The number of fused-ring (bicyclic) bond motifs is 1. The van der Waals surface area contributed by atoms with Gasteiger partial charge in [0.15, 0.2) is 0 Å². The first-order valence-corrected chi connectivity index (χ1v) is 9.22. The molecule has 0 N–H and O–H groups in total. The van der Waals surface area contributed by atoms with Crippen LogP contribution in [0.1, 0.15) is 38.8 Å². The average molecular weight is 402 g/mol. The van der Waals surface area contributed by atoms with Crippen molar-refractivity contribution >= 4 is 17.7 Å². The number of aromatic nitrogens is 1. The zero-order valence-corrected chi connectivity index (χ0v) is 16.8. The van der Waals surface area contributed by atoms with Crippen molar-refractivity contribution in [1.82, 2.24) is 4.98 Å². The Morgan fingerprint density at radius 3 is 2.55 bits per heavy atom. The topological polar surface area (TPSA) is 78.0 Å².